The van der Waals surface area contributed by atoms with Crippen LogP contribution >= 0.6 is 0 Å². The molecule has 0 bridgehead atoms. The maximum absolute atomic E-state index is 2.56. The van der Waals surface area contributed by atoms with Crippen LogP contribution in [0.15, 0.2) is 255 Å². The summed E-state index contributed by atoms with van der Waals surface area (Å²) in [7, 11) is 0. The molecule has 1 spiro atoms. The Labute approximate surface area is 400 Å². The monoisotopic (exact) mass is 874 g/mol. The van der Waals surface area contributed by atoms with Crippen molar-refractivity contribution < 1.29 is 0 Å². The second-order valence-electron chi connectivity index (χ2n) is 18.7. The Bertz CT molecular complexity index is 4170. The minimum atomic E-state index is -0.540. The molecule has 0 atom stereocenters. The molecule has 2 aliphatic rings. The molecule has 0 radical (unpaired) electrons. The van der Waals surface area contributed by atoms with Crippen molar-refractivity contribution in [2.24, 2.45) is 0 Å². The van der Waals surface area contributed by atoms with E-state index in [1.807, 2.05) is 0 Å². The lowest BCUT2D eigenvalue weighted by molar-refractivity contribution is 0.793. The minimum absolute atomic E-state index is 0.540. The number of benzene rings is 12. The summed E-state index contributed by atoms with van der Waals surface area (Å²) >= 11 is 0. The van der Waals surface area contributed by atoms with Crippen LogP contribution in [0.3, 0.4) is 0 Å². The van der Waals surface area contributed by atoms with Crippen LogP contribution < -0.4 is 4.90 Å². The van der Waals surface area contributed by atoms with Crippen LogP contribution in [-0.2, 0) is 5.41 Å². The summed E-state index contributed by atoms with van der Waals surface area (Å²) in [4.78, 5) is 2.56. The molecule has 2 nitrogen and oxygen atoms in total. The summed E-state index contributed by atoms with van der Waals surface area (Å²) in [5, 5.41) is 10.1. The van der Waals surface area contributed by atoms with Gasteiger partial charge in [0.15, 0.2) is 0 Å². The zero-order valence-corrected chi connectivity index (χ0v) is 37.6. The van der Waals surface area contributed by atoms with E-state index in [4.69, 9.17) is 0 Å². The molecular formula is C67H42N2. The number of rotatable bonds is 5. The molecule has 2 aliphatic carbocycles. The lowest BCUT2D eigenvalue weighted by atomic mass is 9.70. The lowest BCUT2D eigenvalue weighted by Crippen LogP contribution is -2.28. The lowest BCUT2D eigenvalue weighted by Gasteiger charge is -2.36. The van der Waals surface area contributed by atoms with Gasteiger partial charge in [-0.3, -0.25) is 0 Å². The van der Waals surface area contributed by atoms with Gasteiger partial charge < -0.3 is 9.47 Å². The molecule has 320 valence electrons. The number of nitrogens with zero attached hydrogens (tertiary/aromatic N) is 2. The van der Waals surface area contributed by atoms with E-state index >= 15 is 0 Å². The topological polar surface area (TPSA) is 8.17 Å². The summed E-state index contributed by atoms with van der Waals surface area (Å²) in [6.07, 6.45) is 0. The van der Waals surface area contributed by atoms with Gasteiger partial charge in [-0.15, -0.1) is 0 Å². The molecular weight excluding hydrogens is 833 g/mol. The Balaban J connectivity index is 1.02. The molecule has 0 amide bonds. The summed E-state index contributed by atoms with van der Waals surface area (Å²) in [5.74, 6) is 0. The van der Waals surface area contributed by atoms with Crippen molar-refractivity contribution in [1.82, 2.24) is 4.57 Å². The maximum Gasteiger partial charge on any atom is 0.0746 e. The van der Waals surface area contributed by atoms with Gasteiger partial charge in [0.05, 0.1) is 22.1 Å². The zero-order chi connectivity index (χ0) is 45.2. The molecule has 0 saturated carbocycles. The number of hydrogen-bond acceptors (Lipinski definition) is 1. The fourth-order valence-corrected chi connectivity index (χ4v) is 12.6. The van der Waals surface area contributed by atoms with Crippen LogP contribution in [-0.4, -0.2) is 4.57 Å². The van der Waals surface area contributed by atoms with Gasteiger partial charge in [0.25, 0.3) is 0 Å². The van der Waals surface area contributed by atoms with Gasteiger partial charge >= 0.3 is 0 Å². The third-order valence-electron chi connectivity index (χ3n) is 15.3. The Morgan fingerprint density at radius 2 is 0.768 bits per heavy atom. The Morgan fingerprint density at radius 3 is 1.45 bits per heavy atom. The van der Waals surface area contributed by atoms with Gasteiger partial charge in [0.2, 0.25) is 0 Å². The smallest absolute Gasteiger partial charge is 0.0746 e. The Hall–Kier alpha value is -8.98. The third-order valence-corrected chi connectivity index (χ3v) is 15.3. The van der Waals surface area contributed by atoms with Crippen LogP contribution in [0, 0.1) is 0 Å². The first-order valence-electron chi connectivity index (χ1n) is 24.0. The Morgan fingerprint density at radius 1 is 0.290 bits per heavy atom. The molecule has 13 aromatic rings. The molecule has 2 heteroatoms. The molecule has 1 heterocycles. The van der Waals surface area contributed by atoms with Crippen LogP contribution in [0.2, 0.25) is 0 Å². The standard InChI is InChI=1S/C67H42N2/c1-2-19-45(20-3-1)69-63-34-15-11-29-56(63)57-38-36-44(41-65(57)69)43-18-16-21-46(40-43)68(47-37-39-52-50-24-5-4-22-48(50)49-23-6-7-25-51(49)59(52)42-47)64-35-17-30-58-55-28-10-14-33-62(55)67(66(58)64)60-31-12-8-26-53(60)54-27-9-13-32-61(54)67/h1-42H. The first-order valence-corrected chi connectivity index (χ1v) is 24.0. The second-order valence-corrected chi connectivity index (χ2v) is 18.7. The van der Waals surface area contributed by atoms with Gasteiger partial charge in [0.1, 0.15) is 0 Å². The van der Waals surface area contributed by atoms with Crippen molar-refractivity contribution in [2.45, 2.75) is 5.41 Å². The van der Waals surface area contributed by atoms with Crippen LogP contribution in [0.1, 0.15) is 22.3 Å². The normalized spacial score (nSPS) is 13.0. The molecule has 0 N–H and O–H groups in total. The number of para-hydroxylation sites is 2. The van der Waals surface area contributed by atoms with Crippen molar-refractivity contribution in [1.29, 1.82) is 0 Å². The fraction of sp³-hybridized carbons (Fsp3) is 0.0149. The Kier molecular flexibility index (Phi) is 8.02. The summed E-state index contributed by atoms with van der Waals surface area (Å²) in [6.45, 7) is 0. The van der Waals surface area contributed by atoms with Crippen molar-refractivity contribution in [3.05, 3.63) is 277 Å². The van der Waals surface area contributed by atoms with E-state index in [1.54, 1.807) is 0 Å². The summed E-state index contributed by atoms with van der Waals surface area (Å²) in [6, 6.07) is 95.1. The van der Waals surface area contributed by atoms with E-state index in [1.165, 1.54) is 104 Å². The number of fused-ring (bicyclic) bond motifs is 19. The SMILES string of the molecule is c1ccc(-n2c3ccccc3c3ccc(-c4cccc(N(c5ccc6c7ccccc7c7ccccc7c6c5)c5cccc6c5C5(c7ccccc7-c7ccccc75)c5ccccc5-6)c4)cc32)cc1. The predicted octanol–water partition coefficient (Wildman–Crippen LogP) is 17.7. The van der Waals surface area contributed by atoms with Gasteiger partial charge in [-0.1, -0.05) is 200 Å². The number of anilines is 3. The molecule has 69 heavy (non-hydrogen) atoms. The second kappa shape index (κ2) is 14.5. The van der Waals surface area contributed by atoms with E-state index in [0.717, 1.165) is 28.3 Å². The van der Waals surface area contributed by atoms with E-state index in [9.17, 15) is 0 Å². The third kappa shape index (κ3) is 5.26. The highest BCUT2D eigenvalue weighted by Gasteiger charge is 2.53. The van der Waals surface area contributed by atoms with Crippen LogP contribution in [0.25, 0.3) is 93.2 Å². The van der Waals surface area contributed by atoms with E-state index in [2.05, 4.69) is 264 Å². The summed E-state index contributed by atoms with van der Waals surface area (Å²) < 4.78 is 2.41. The van der Waals surface area contributed by atoms with Crippen molar-refractivity contribution in [2.75, 3.05) is 4.90 Å². The molecule has 0 fully saturated rings. The molecule has 12 aromatic carbocycles. The van der Waals surface area contributed by atoms with Gasteiger partial charge in [0, 0.05) is 33.4 Å². The van der Waals surface area contributed by atoms with Gasteiger partial charge in [-0.25, -0.2) is 0 Å². The highest BCUT2D eigenvalue weighted by Crippen LogP contribution is 2.65. The average Bonchev–Trinajstić information content (AvgIpc) is 4.03. The minimum Gasteiger partial charge on any atom is -0.310 e. The first-order chi connectivity index (χ1) is 34.3. The van der Waals surface area contributed by atoms with E-state index < -0.39 is 5.41 Å². The van der Waals surface area contributed by atoms with Gasteiger partial charge in [-0.2, -0.15) is 0 Å². The maximum atomic E-state index is 2.56. The van der Waals surface area contributed by atoms with Crippen LogP contribution in [0.4, 0.5) is 17.1 Å². The fourth-order valence-electron chi connectivity index (χ4n) is 12.6. The molecule has 15 rings (SSSR count). The highest BCUT2D eigenvalue weighted by atomic mass is 15.1. The molecule has 0 aliphatic heterocycles. The predicted molar refractivity (Wildman–Crippen MR) is 290 cm³/mol. The van der Waals surface area contributed by atoms with Gasteiger partial charge in [-0.05, 0) is 137 Å². The summed E-state index contributed by atoms with van der Waals surface area (Å²) in [5.41, 5.74) is 19.2. The van der Waals surface area contributed by atoms with E-state index in [-0.39, 0.29) is 0 Å². The highest BCUT2D eigenvalue weighted by molar-refractivity contribution is 6.26. The first kappa shape index (κ1) is 38.2. The molecule has 1 aromatic heterocycles. The molecule has 0 unspecified atom stereocenters. The number of aromatic nitrogens is 1. The quantitative estimate of drug-likeness (QED) is 0.156. The number of hydrogen-bond donors (Lipinski definition) is 0. The van der Waals surface area contributed by atoms with Crippen molar-refractivity contribution in [3.8, 4) is 39.1 Å². The van der Waals surface area contributed by atoms with E-state index in [0.29, 0.717) is 0 Å². The van der Waals surface area contributed by atoms with Crippen molar-refractivity contribution in [3.63, 3.8) is 0 Å². The van der Waals surface area contributed by atoms with Crippen LogP contribution in [0.5, 0.6) is 0 Å². The zero-order valence-electron chi connectivity index (χ0n) is 37.6. The molecule has 0 saturated heterocycles. The average molecular weight is 875 g/mol. The van der Waals surface area contributed by atoms with Crippen molar-refractivity contribution >= 4 is 71.2 Å². The largest absolute Gasteiger partial charge is 0.310 e.